The molecule has 0 saturated heterocycles. The Labute approximate surface area is 293 Å². The number of nitrogens with one attached hydrogen (secondary N) is 2. The molecule has 14 heteroatoms. The van der Waals surface area contributed by atoms with Crippen LogP contribution in [-0.4, -0.2) is 112 Å². The van der Waals surface area contributed by atoms with E-state index in [9.17, 15) is 14.4 Å². The van der Waals surface area contributed by atoms with Gasteiger partial charge in [0.1, 0.15) is 5.69 Å². The number of benzene rings is 2. The molecule has 14 nitrogen and oxygen atoms in total. The fraction of sp³-hybridized carbons (Fsp3) is 0.528. The van der Waals surface area contributed by atoms with Gasteiger partial charge in [-0.1, -0.05) is 54.6 Å². The Kier molecular flexibility index (Phi) is 16.8. The predicted molar refractivity (Wildman–Crippen MR) is 187 cm³/mol. The van der Waals surface area contributed by atoms with Crippen molar-refractivity contribution in [1.29, 1.82) is 0 Å². The second-order valence-corrected chi connectivity index (χ2v) is 11.4. The maximum Gasteiger partial charge on any atom is 0.227 e. The molecule has 0 saturated carbocycles. The van der Waals surface area contributed by atoms with Crippen LogP contribution in [0, 0.1) is 0 Å². The van der Waals surface area contributed by atoms with Crippen molar-refractivity contribution in [3.63, 3.8) is 0 Å². The molecule has 3 aromatic rings. The number of hydrogen-bond acceptors (Lipinski definition) is 10. The second kappa shape index (κ2) is 21.8. The normalized spacial score (nSPS) is 12.0. The highest BCUT2D eigenvalue weighted by Gasteiger charge is 2.29. The minimum absolute atomic E-state index is 0.0157. The minimum atomic E-state index is -0.141. The van der Waals surface area contributed by atoms with E-state index in [1.165, 1.54) is 0 Å². The van der Waals surface area contributed by atoms with Gasteiger partial charge in [-0.15, -0.1) is 5.10 Å². The molecule has 0 unspecified atom stereocenters. The highest BCUT2D eigenvalue weighted by Crippen LogP contribution is 2.41. The Balaban J connectivity index is 1.20. The molecule has 3 amide bonds. The number of fused-ring (bicyclic) bond motifs is 5. The third-order valence-electron chi connectivity index (χ3n) is 7.85. The molecule has 0 bridgehead atoms. The summed E-state index contributed by atoms with van der Waals surface area (Å²) in [6, 6.07) is 15.6. The van der Waals surface area contributed by atoms with E-state index in [0.29, 0.717) is 98.7 Å². The van der Waals surface area contributed by atoms with Gasteiger partial charge in [0, 0.05) is 43.5 Å². The molecule has 0 aliphatic carbocycles. The molecule has 1 aliphatic rings. The summed E-state index contributed by atoms with van der Waals surface area (Å²) in [7, 11) is 0. The third kappa shape index (κ3) is 12.0. The van der Waals surface area contributed by atoms with Crippen LogP contribution in [0.2, 0.25) is 0 Å². The molecular formula is C36H50N6O8. The van der Waals surface area contributed by atoms with Crippen LogP contribution in [0.5, 0.6) is 0 Å². The van der Waals surface area contributed by atoms with Gasteiger partial charge in [-0.3, -0.25) is 14.4 Å². The molecule has 4 rings (SSSR count). The smallest absolute Gasteiger partial charge is 0.227 e. The number of carbonyl (C=O) groups is 3. The molecule has 1 aromatic heterocycles. The highest BCUT2D eigenvalue weighted by molar-refractivity contribution is 6.01. The summed E-state index contributed by atoms with van der Waals surface area (Å²) in [6.45, 7) is 9.95. The van der Waals surface area contributed by atoms with Gasteiger partial charge >= 0.3 is 0 Å². The number of anilines is 1. The van der Waals surface area contributed by atoms with Crippen molar-refractivity contribution in [2.75, 3.05) is 84.1 Å². The molecular weight excluding hydrogens is 644 g/mol. The van der Waals surface area contributed by atoms with Gasteiger partial charge in [-0.05, 0) is 18.6 Å². The summed E-state index contributed by atoms with van der Waals surface area (Å²) in [5, 5.41) is 14.6. The van der Waals surface area contributed by atoms with Crippen LogP contribution in [0.4, 0.5) is 5.69 Å². The van der Waals surface area contributed by atoms with E-state index >= 15 is 0 Å². The number of para-hydroxylation sites is 1. The zero-order valence-corrected chi connectivity index (χ0v) is 29.2. The van der Waals surface area contributed by atoms with Crippen molar-refractivity contribution in [3.8, 4) is 22.5 Å². The van der Waals surface area contributed by atoms with Crippen LogP contribution in [0.1, 0.15) is 38.7 Å². The lowest BCUT2D eigenvalue weighted by molar-refractivity contribution is -0.125. The molecule has 50 heavy (non-hydrogen) atoms. The topological polar surface area (TPSA) is 155 Å². The van der Waals surface area contributed by atoms with Crippen LogP contribution in [-0.2, 0) is 51.2 Å². The standard InChI is InChI=1S/C36H50N6O8/c1-3-32(43)38-15-17-46-19-21-48-23-25-50-26-24-49-22-20-47-18-16-42-36-30-11-7-8-12-31(30)41(34(45)14-13-33(44)37-4-2)27-28-9-5-6-10-29(28)35(36)39-40-42/h5-12H,3-4,13-27H2,1-2H3,(H,37,44)(H,38,43). The van der Waals surface area contributed by atoms with Crippen LogP contribution in [0.3, 0.4) is 0 Å². The molecule has 0 spiro atoms. The maximum atomic E-state index is 13.6. The molecule has 2 N–H and O–H groups in total. The quantitative estimate of drug-likeness (QED) is 0.142. The third-order valence-corrected chi connectivity index (χ3v) is 7.85. The lowest BCUT2D eigenvalue weighted by atomic mass is 9.95. The van der Waals surface area contributed by atoms with E-state index in [1.54, 1.807) is 4.90 Å². The molecule has 1 aliphatic heterocycles. The van der Waals surface area contributed by atoms with Gasteiger partial charge in [0.2, 0.25) is 17.7 Å². The van der Waals surface area contributed by atoms with E-state index in [4.69, 9.17) is 23.7 Å². The van der Waals surface area contributed by atoms with Crippen molar-refractivity contribution in [2.24, 2.45) is 0 Å². The second-order valence-electron chi connectivity index (χ2n) is 11.4. The number of ether oxygens (including phenoxy) is 5. The average molecular weight is 695 g/mol. The lowest BCUT2D eigenvalue weighted by Crippen LogP contribution is -2.33. The summed E-state index contributed by atoms with van der Waals surface area (Å²) in [5.41, 5.74) is 4.99. The first-order chi connectivity index (χ1) is 24.5. The highest BCUT2D eigenvalue weighted by atomic mass is 16.6. The van der Waals surface area contributed by atoms with Gasteiger partial charge in [0.05, 0.1) is 90.5 Å². The van der Waals surface area contributed by atoms with Crippen LogP contribution in [0.15, 0.2) is 48.5 Å². The monoisotopic (exact) mass is 694 g/mol. The number of carbonyl (C=O) groups excluding carboxylic acids is 3. The number of rotatable bonds is 23. The Morgan fingerprint density at radius 3 is 1.96 bits per heavy atom. The fourth-order valence-corrected chi connectivity index (χ4v) is 5.36. The van der Waals surface area contributed by atoms with E-state index in [2.05, 4.69) is 20.9 Å². The molecule has 272 valence electrons. The SMILES string of the molecule is CCNC(=O)CCC(=O)N1Cc2ccccc2-c2nnn(CCOCCOCCOCCOCCOCCNC(=O)CC)c2-c2ccccc21. The number of hydrogen-bond donors (Lipinski definition) is 2. The van der Waals surface area contributed by atoms with E-state index in [0.717, 1.165) is 33.8 Å². The summed E-state index contributed by atoms with van der Waals surface area (Å²) >= 11 is 0. The largest absolute Gasteiger partial charge is 0.377 e. The minimum Gasteiger partial charge on any atom is -0.377 e. The number of amides is 3. The fourth-order valence-electron chi connectivity index (χ4n) is 5.36. The first kappa shape index (κ1) is 38.6. The van der Waals surface area contributed by atoms with Gasteiger partial charge in [-0.2, -0.15) is 0 Å². The first-order valence-corrected chi connectivity index (χ1v) is 17.4. The summed E-state index contributed by atoms with van der Waals surface area (Å²) < 4.78 is 29.7. The molecule has 2 heterocycles. The molecule has 0 radical (unpaired) electrons. The summed E-state index contributed by atoms with van der Waals surface area (Å²) in [4.78, 5) is 38.6. The zero-order valence-electron chi connectivity index (χ0n) is 29.2. The number of nitrogens with zero attached hydrogens (tertiary/aromatic N) is 4. The van der Waals surface area contributed by atoms with Crippen LogP contribution >= 0.6 is 0 Å². The van der Waals surface area contributed by atoms with Gasteiger partial charge in [0.15, 0.2) is 0 Å². The van der Waals surface area contributed by atoms with Crippen molar-refractivity contribution in [2.45, 2.75) is 46.2 Å². The van der Waals surface area contributed by atoms with Crippen molar-refractivity contribution >= 4 is 23.4 Å². The summed E-state index contributed by atoms with van der Waals surface area (Å²) in [5.74, 6) is -0.254. The van der Waals surface area contributed by atoms with E-state index in [1.807, 2.05) is 67.1 Å². The summed E-state index contributed by atoms with van der Waals surface area (Å²) in [6.07, 6.45) is 0.697. The van der Waals surface area contributed by atoms with Crippen molar-refractivity contribution in [3.05, 3.63) is 54.1 Å². The van der Waals surface area contributed by atoms with Crippen LogP contribution < -0.4 is 15.5 Å². The van der Waals surface area contributed by atoms with Crippen molar-refractivity contribution in [1.82, 2.24) is 25.6 Å². The zero-order chi connectivity index (χ0) is 35.4. The van der Waals surface area contributed by atoms with Gasteiger partial charge < -0.3 is 39.2 Å². The first-order valence-electron chi connectivity index (χ1n) is 17.4. The van der Waals surface area contributed by atoms with Gasteiger partial charge in [0.25, 0.3) is 0 Å². The molecule has 0 atom stereocenters. The molecule has 0 fully saturated rings. The van der Waals surface area contributed by atoms with E-state index < -0.39 is 0 Å². The number of aromatic nitrogens is 3. The Morgan fingerprint density at radius 1 is 0.700 bits per heavy atom. The van der Waals surface area contributed by atoms with Crippen LogP contribution in [0.25, 0.3) is 22.5 Å². The van der Waals surface area contributed by atoms with Gasteiger partial charge in [-0.25, -0.2) is 4.68 Å². The Bertz CT molecular complexity index is 1500. The van der Waals surface area contributed by atoms with Crippen molar-refractivity contribution < 1.29 is 38.1 Å². The van der Waals surface area contributed by atoms with E-state index in [-0.39, 0.29) is 30.6 Å². The molecule has 2 aromatic carbocycles. The Hall–Kier alpha value is -4.21. The Morgan fingerprint density at radius 2 is 1.30 bits per heavy atom. The maximum absolute atomic E-state index is 13.6. The predicted octanol–water partition coefficient (Wildman–Crippen LogP) is 2.98. The lowest BCUT2D eigenvalue weighted by Gasteiger charge is -2.28. The average Bonchev–Trinajstić information content (AvgIpc) is 3.54.